The molecule has 2 amide bonds. The second kappa shape index (κ2) is 7.95. The quantitative estimate of drug-likeness (QED) is 0.736. The third kappa shape index (κ3) is 4.55. The summed E-state index contributed by atoms with van der Waals surface area (Å²) in [6.45, 7) is 7.77. The highest BCUT2D eigenvalue weighted by Crippen LogP contribution is 2.10. The van der Waals surface area contributed by atoms with E-state index >= 15 is 0 Å². The highest BCUT2D eigenvalue weighted by atomic mass is 16.4. The van der Waals surface area contributed by atoms with Crippen molar-refractivity contribution in [3.05, 3.63) is 0 Å². The summed E-state index contributed by atoms with van der Waals surface area (Å²) < 4.78 is 0. The van der Waals surface area contributed by atoms with Crippen LogP contribution in [0.2, 0.25) is 0 Å². The van der Waals surface area contributed by atoms with E-state index < -0.39 is 12.0 Å². The minimum absolute atomic E-state index is 0.0819. The predicted octanol–water partition coefficient (Wildman–Crippen LogP) is 2.32. The van der Waals surface area contributed by atoms with E-state index in [4.69, 9.17) is 5.11 Å². The number of carbonyl (C=O) groups excluding carboxylic acids is 1. The number of hydrogen-bond donors (Lipinski definition) is 2. The second-order valence-electron chi connectivity index (χ2n) is 4.73. The maximum Gasteiger partial charge on any atom is 0.326 e. The molecule has 0 radical (unpaired) electrons. The molecule has 0 aromatic rings. The van der Waals surface area contributed by atoms with Gasteiger partial charge in [-0.3, -0.25) is 0 Å². The summed E-state index contributed by atoms with van der Waals surface area (Å²) in [7, 11) is 1.71. The Kier molecular flexibility index (Phi) is 7.39. The summed E-state index contributed by atoms with van der Waals surface area (Å²) in [6.07, 6.45) is 2.44. The van der Waals surface area contributed by atoms with Gasteiger partial charge in [0.1, 0.15) is 6.04 Å². The zero-order chi connectivity index (χ0) is 14.3. The molecule has 106 valence electrons. The largest absolute Gasteiger partial charge is 0.480 e. The van der Waals surface area contributed by atoms with Gasteiger partial charge < -0.3 is 15.3 Å². The molecule has 0 fully saturated rings. The lowest BCUT2D eigenvalue weighted by Crippen LogP contribution is -2.51. The summed E-state index contributed by atoms with van der Waals surface area (Å²) in [4.78, 5) is 24.7. The van der Waals surface area contributed by atoms with Crippen molar-refractivity contribution in [3.63, 3.8) is 0 Å². The number of urea groups is 1. The number of carbonyl (C=O) groups is 2. The number of hydrogen-bond acceptors (Lipinski definition) is 2. The van der Waals surface area contributed by atoms with Crippen molar-refractivity contribution in [1.82, 2.24) is 10.2 Å². The van der Waals surface area contributed by atoms with Crippen molar-refractivity contribution in [2.45, 2.75) is 59.0 Å². The van der Waals surface area contributed by atoms with Crippen LogP contribution in [-0.4, -0.2) is 41.1 Å². The van der Waals surface area contributed by atoms with Gasteiger partial charge in [0.15, 0.2) is 0 Å². The van der Waals surface area contributed by atoms with E-state index in [-0.39, 0.29) is 18.0 Å². The van der Waals surface area contributed by atoms with Gasteiger partial charge >= 0.3 is 12.0 Å². The Balaban J connectivity index is 4.64. The van der Waals surface area contributed by atoms with Crippen molar-refractivity contribution in [3.8, 4) is 0 Å². The van der Waals surface area contributed by atoms with Gasteiger partial charge in [-0.15, -0.1) is 0 Å². The molecule has 0 aliphatic rings. The fourth-order valence-electron chi connectivity index (χ4n) is 1.92. The van der Waals surface area contributed by atoms with Gasteiger partial charge in [0.2, 0.25) is 0 Å². The highest BCUT2D eigenvalue weighted by Gasteiger charge is 2.27. The van der Waals surface area contributed by atoms with Crippen LogP contribution in [0.25, 0.3) is 0 Å². The molecule has 2 N–H and O–H groups in total. The highest BCUT2D eigenvalue weighted by molar-refractivity contribution is 5.82. The number of carboxylic acids is 1. The molecule has 0 aromatic heterocycles. The molecule has 0 aromatic carbocycles. The second-order valence-corrected chi connectivity index (χ2v) is 4.73. The lowest BCUT2D eigenvalue weighted by molar-refractivity contribution is -0.140. The number of aliphatic carboxylic acids is 1. The third-order valence-corrected chi connectivity index (χ3v) is 3.57. The van der Waals surface area contributed by atoms with Crippen LogP contribution in [0.4, 0.5) is 4.79 Å². The first kappa shape index (κ1) is 16.7. The Labute approximate surface area is 110 Å². The van der Waals surface area contributed by atoms with Crippen LogP contribution in [0, 0.1) is 5.92 Å². The summed E-state index contributed by atoms with van der Waals surface area (Å²) in [6, 6.07) is -0.980. The van der Waals surface area contributed by atoms with Crippen LogP contribution >= 0.6 is 0 Å². The van der Waals surface area contributed by atoms with E-state index in [1.807, 2.05) is 27.7 Å². The number of carboxylic acid groups (broad SMARTS) is 1. The number of rotatable bonds is 7. The molecular formula is C13H26N2O3. The molecule has 5 nitrogen and oxygen atoms in total. The monoisotopic (exact) mass is 258 g/mol. The number of amides is 2. The zero-order valence-corrected chi connectivity index (χ0v) is 12.1. The Morgan fingerprint density at radius 3 is 2.00 bits per heavy atom. The van der Waals surface area contributed by atoms with Crippen molar-refractivity contribution in [2.75, 3.05) is 7.05 Å². The lowest BCUT2D eigenvalue weighted by atomic mass is 9.99. The summed E-state index contributed by atoms with van der Waals surface area (Å²) in [5, 5.41) is 11.7. The molecule has 0 aliphatic heterocycles. The Morgan fingerprint density at radius 2 is 1.67 bits per heavy atom. The van der Waals surface area contributed by atoms with E-state index in [1.165, 1.54) is 0 Å². The Hall–Kier alpha value is -1.26. The molecule has 0 spiro atoms. The van der Waals surface area contributed by atoms with E-state index in [1.54, 1.807) is 11.9 Å². The summed E-state index contributed by atoms with van der Waals surface area (Å²) in [5.74, 6) is -1.06. The van der Waals surface area contributed by atoms with Gasteiger partial charge in [-0.1, -0.05) is 34.1 Å². The fraction of sp³-hybridized carbons (Fsp3) is 0.846. The van der Waals surface area contributed by atoms with E-state index in [9.17, 15) is 9.59 Å². The molecule has 0 bridgehead atoms. The average Bonchev–Trinajstić information content (AvgIpc) is 2.35. The van der Waals surface area contributed by atoms with Crippen molar-refractivity contribution < 1.29 is 14.7 Å². The molecule has 0 heterocycles. The van der Waals surface area contributed by atoms with Gasteiger partial charge in [0.25, 0.3) is 0 Å². The molecule has 0 rings (SSSR count). The summed E-state index contributed by atoms with van der Waals surface area (Å²) >= 11 is 0. The van der Waals surface area contributed by atoms with Crippen LogP contribution < -0.4 is 5.32 Å². The Bertz CT molecular complexity index is 277. The molecule has 1 unspecified atom stereocenters. The topological polar surface area (TPSA) is 69.6 Å². The van der Waals surface area contributed by atoms with Gasteiger partial charge in [-0.25, -0.2) is 9.59 Å². The van der Waals surface area contributed by atoms with Gasteiger partial charge in [0, 0.05) is 13.1 Å². The van der Waals surface area contributed by atoms with Crippen molar-refractivity contribution >= 4 is 12.0 Å². The number of nitrogens with one attached hydrogen (secondary N) is 1. The summed E-state index contributed by atoms with van der Waals surface area (Å²) in [5.41, 5.74) is 0. The molecular weight excluding hydrogens is 232 g/mol. The van der Waals surface area contributed by atoms with Crippen LogP contribution in [0.5, 0.6) is 0 Å². The maximum atomic E-state index is 12.0. The van der Waals surface area contributed by atoms with Crippen molar-refractivity contribution in [2.24, 2.45) is 5.92 Å². The van der Waals surface area contributed by atoms with Crippen LogP contribution in [0.3, 0.4) is 0 Å². The Morgan fingerprint density at radius 1 is 1.17 bits per heavy atom. The van der Waals surface area contributed by atoms with Gasteiger partial charge in [-0.05, 0) is 18.8 Å². The van der Waals surface area contributed by atoms with Crippen molar-refractivity contribution in [1.29, 1.82) is 0 Å². The number of nitrogens with zero attached hydrogens (tertiary/aromatic N) is 1. The van der Waals surface area contributed by atoms with Gasteiger partial charge in [0.05, 0.1) is 0 Å². The van der Waals surface area contributed by atoms with E-state index in [0.29, 0.717) is 6.42 Å². The SMILES string of the molecule is CCC(C)[C@H](NC(=O)N(C)C(CC)CC)C(=O)O. The molecule has 2 atom stereocenters. The zero-order valence-electron chi connectivity index (χ0n) is 12.1. The van der Waals surface area contributed by atoms with Gasteiger partial charge in [-0.2, -0.15) is 0 Å². The fourth-order valence-corrected chi connectivity index (χ4v) is 1.92. The predicted molar refractivity (Wildman–Crippen MR) is 71.5 cm³/mol. The van der Waals surface area contributed by atoms with Crippen LogP contribution in [0.15, 0.2) is 0 Å². The minimum atomic E-state index is -0.976. The average molecular weight is 258 g/mol. The van der Waals surface area contributed by atoms with Crippen LogP contribution in [-0.2, 0) is 4.79 Å². The van der Waals surface area contributed by atoms with E-state index in [0.717, 1.165) is 12.8 Å². The normalized spacial score (nSPS) is 14.1. The maximum absolute atomic E-state index is 12.0. The lowest BCUT2D eigenvalue weighted by Gasteiger charge is -2.29. The minimum Gasteiger partial charge on any atom is -0.480 e. The molecule has 18 heavy (non-hydrogen) atoms. The smallest absolute Gasteiger partial charge is 0.326 e. The molecule has 0 aliphatic carbocycles. The first-order valence-electron chi connectivity index (χ1n) is 6.64. The molecule has 0 saturated heterocycles. The third-order valence-electron chi connectivity index (χ3n) is 3.57. The first-order chi connectivity index (χ1) is 8.38. The van der Waals surface area contributed by atoms with Crippen LogP contribution in [0.1, 0.15) is 47.0 Å². The standard InChI is InChI=1S/C13H26N2O3/c1-6-9(4)11(12(16)17)14-13(18)15(5)10(7-2)8-3/h9-11H,6-8H2,1-5H3,(H,14,18)(H,16,17)/t9?,11-/m0/s1. The molecule has 5 heteroatoms. The molecule has 0 saturated carbocycles. The van der Waals surface area contributed by atoms with E-state index in [2.05, 4.69) is 5.32 Å². The first-order valence-corrected chi connectivity index (χ1v) is 6.64.